The van der Waals surface area contributed by atoms with E-state index in [2.05, 4.69) is 12.2 Å². The number of amides is 1. The Morgan fingerprint density at radius 3 is 2.58 bits per heavy atom. The highest BCUT2D eigenvalue weighted by atomic mass is 35.5. The fraction of sp³-hybridized carbons (Fsp3) is 0.929. The number of halogens is 1. The molecule has 1 aliphatic heterocycles. The Labute approximate surface area is 122 Å². The van der Waals surface area contributed by atoms with Crippen LogP contribution in [0.1, 0.15) is 45.4 Å². The Kier molecular flexibility index (Phi) is 7.11. The SMILES string of the molecule is CC(NC(=O)C[C@@H]1CCC[C@H]1N)C1CCOCC1.Cl. The number of nitrogens with one attached hydrogen (secondary N) is 1. The van der Waals surface area contributed by atoms with Gasteiger partial charge in [0.25, 0.3) is 0 Å². The highest BCUT2D eigenvalue weighted by Gasteiger charge is 2.27. The molecule has 2 aliphatic rings. The minimum absolute atomic E-state index is 0. The summed E-state index contributed by atoms with van der Waals surface area (Å²) >= 11 is 0. The Bertz CT molecular complexity index is 283. The molecule has 3 atom stereocenters. The molecular formula is C14H27ClN2O2. The van der Waals surface area contributed by atoms with E-state index >= 15 is 0 Å². The van der Waals surface area contributed by atoms with Crippen LogP contribution in [-0.2, 0) is 9.53 Å². The summed E-state index contributed by atoms with van der Waals surface area (Å²) in [5.41, 5.74) is 6.00. The third-order valence-electron chi connectivity index (χ3n) is 4.53. The van der Waals surface area contributed by atoms with Crippen LogP contribution in [0.25, 0.3) is 0 Å². The van der Waals surface area contributed by atoms with Crippen LogP contribution in [0.4, 0.5) is 0 Å². The summed E-state index contributed by atoms with van der Waals surface area (Å²) in [7, 11) is 0. The Morgan fingerprint density at radius 1 is 1.32 bits per heavy atom. The molecule has 0 bridgehead atoms. The molecular weight excluding hydrogens is 264 g/mol. The van der Waals surface area contributed by atoms with Gasteiger partial charge in [0.2, 0.25) is 5.91 Å². The van der Waals surface area contributed by atoms with Crippen LogP contribution in [-0.4, -0.2) is 31.2 Å². The monoisotopic (exact) mass is 290 g/mol. The second kappa shape index (κ2) is 8.08. The van der Waals surface area contributed by atoms with Gasteiger partial charge in [-0.25, -0.2) is 0 Å². The van der Waals surface area contributed by atoms with Gasteiger partial charge in [0.1, 0.15) is 0 Å². The maximum atomic E-state index is 12.0. The summed E-state index contributed by atoms with van der Waals surface area (Å²) in [5.74, 6) is 1.14. The Hall–Kier alpha value is -0.320. The highest BCUT2D eigenvalue weighted by molar-refractivity contribution is 5.85. The highest BCUT2D eigenvalue weighted by Crippen LogP contribution is 2.27. The van der Waals surface area contributed by atoms with Gasteiger partial charge in [-0.3, -0.25) is 4.79 Å². The van der Waals surface area contributed by atoms with Crippen LogP contribution in [0.3, 0.4) is 0 Å². The lowest BCUT2D eigenvalue weighted by Gasteiger charge is -2.28. The largest absolute Gasteiger partial charge is 0.381 e. The third-order valence-corrected chi connectivity index (χ3v) is 4.53. The fourth-order valence-corrected chi connectivity index (χ4v) is 3.20. The zero-order valence-corrected chi connectivity index (χ0v) is 12.6. The maximum Gasteiger partial charge on any atom is 0.220 e. The first kappa shape index (κ1) is 16.7. The smallest absolute Gasteiger partial charge is 0.220 e. The van der Waals surface area contributed by atoms with Crippen molar-refractivity contribution in [2.45, 2.75) is 57.5 Å². The molecule has 4 nitrogen and oxygen atoms in total. The lowest BCUT2D eigenvalue weighted by atomic mass is 9.92. The topological polar surface area (TPSA) is 64.4 Å². The van der Waals surface area contributed by atoms with Crippen molar-refractivity contribution in [2.75, 3.05) is 13.2 Å². The number of nitrogens with two attached hydrogens (primary N) is 1. The molecule has 0 radical (unpaired) electrons. The molecule has 19 heavy (non-hydrogen) atoms. The quantitative estimate of drug-likeness (QED) is 0.831. The van der Waals surface area contributed by atoms with Gasteiger partial charge in [0.15, 0.2) is 0 Å². The van der Waals surface area contributed by atoms with Gasteiger partial charge < -0.3 is 15.8 Å². The van der Waals surface area contributed by atoms with Gasteiger partial charge in [0, 0.05) is 31.7 Å². The van der Waals surface area contributed by atoms with Crippen LogP contribution in [0.2, 0.25) is 0 Å². The molecule has 1 unspecified atom stereocenters. The molecule has 0 aromatic carbocycles. The Balaban J connectivity index is 0.00000180. The molecule has 1 heterocycles. The molecule has 5 heteroatoms. The van der Waals surface area contributed by atoms with E-state index in [0.717, 1.165) is 38.9 Å². The van der Waals surface area contributed by atoms with E-state index in [1.807, 2.05) is 0 Å². The van der Waals surface area contributed by atoms with Crippen molar-refractivity contribution in [3.05, 3.63) is 0 Å². The van der Waals surface area contributed by atoms with Crippen molar-refractivity contribution < 1.29 is 9.53 Å². The molecule has 112 valence electrons. The van der Waals surface area contributed by atoms with Crippen molar-refractivity contribution in [1.29, 1.82) is 0 Å². The predicted molar refractivity (Wildman–Crippen MR) is 78.3 cm³/mol. The van der Waals surface area contributed by atoms with Crippen LogP contribution in [0.15, 0.2) is 0 Å². The van der Waals surface area contributed by atoms with E-state index in [-0.39, 0.29) is 30.4 Å². The van der Waals surface area contributed by atoms with Crippen molar-refractivity contribution in [1.82, 2.24) is 5.32 Å². The van der Waals surface area contributed by atoms with Gasteiger partial charge in [-0.1, -0.05) is 6.42 Å². The number of hydrogen-bond acceptors (Lipinski definition) is 3. The van der Waals surface area contributed by atoms with Crippen LogP contribution in [0, 0.1) is 11.8 Å². The normalized spacial score (nSPS) is 29.6. The van der Waals surface area contributed by atoms with Gasteiger partial charge in [-0.2, -0.15) is 0 Å². The number of hydrogen-bond donors (Lipinski definition) is 2. The molecule has 3 N–H and O–H groups in total. The van der Waals surface area contributed by atoms with Crippen LogP contribution >= 0.6 is 12.4 Å². The van der Waals surface area contributed by atoms with Gasteiger partial charge in [0.05, 0.1) is 0 Å². The fourth-order valence-electron chi connectivity index (χ4n) is 3.20. The molecule has 1 aliphatic carbocycles. The standard InChI is InChI=1S/C14H26N2O2.ClH/c1-10(11-5-7-18-8-6-11)16-14(17)9-12-3-2-4-13(12)15;/h10-13H,2-9,15H2,1H3,(H,16,17);1H/t10?,12-,13+;/m0./s1. The molecule has 0 aromatic heterocycles. The third kappa shape index (κ3) is 4.93. The summed E-state index contributed by atoms with van der Waals surface area (Å²) < 4.78 is 5.35. The Morgan fingerprint density at radius 2 is 2.00 bits per heavy atom. The molecule has 2 fully saturated rings. The summed E-state index contributed by atoms with van der Waals surface area (Å²) in [5, 5.41) is 3.15. The molecule has 1 saturated heterocycles. The van der Waals surface area contributed by atoms with E-state index < -0.39 is 0 Å². The summed E-state index contributed by atoms with van der Waals surface area (Å²) in [6, 6.07) is 0.494. The first-order chi connectivity index (χ1) is 8.66. The van der Waals surface area contributed by atoms with Gasteiger partial charge in [-0.05, 0) is 44.4 Å². The van der Waals surface area contributed by atoms with Crippen LogP contribution < -0.4 is 11.1 Å². The van der Waals surface area contributed by atoms with Crippen molar-refractivity contribution >= 4 is 18.3 Å². The van der Waals surface area contributed by atoms with Crippen molar-refractivity contribution in [3.8, 4) is 0 Å². The lowest BCUT2D eigenvalue weighted by molar-refractivity contribution is -0.123. The van der Waals surface area contributed by atoms with Gasteiger partial charge >= 0.3 is 0 Å². The average Bonchev–Trinajstić information content (AvgIpc) is 2.76. The molecule has 2 rings (SSSR count). The van der Waals surface area contributed by atoms with Crippen molar-refractivity contribution in [2.24, 2.45) is 17.6 Å². The summed E-state index contributed by atoms with van der Waals surface area (Å²) in [4.78, 5) is 12.0. The summed E-state index contributed by atoms with van der Waals surface area (Å²) in [6.07, 6.45) is 6.09. The number of ether oxygens (including phenoxy) is 1. The number of carbonyl (C=O) groups excluding carboxylic acids is 1. The number of carbonyl (C=O) groups is 1. The van der Waals surface area contributed by atoms with E-state index in [1.165, 1.54) is 6.42 Å². The predicted octanol–water partition coefficient (Wildman–Crippen LogP) is 1.86. The van der Waals surface area contributed by atoms with E-state index in [9.17, 15) is 4.79 Å². The van der Waals surface area contributed by atoms with Gasteiger partial charge in [-0.15, -0.1) is 12.4 Å². The molecule has 0 aromatic rings. The van der Waals surface area contributed by atoms with Crippen molar-refractivity contribution in [3.63, 3.8) is 0 Å². The first-order valence-corrected chi connectivity index (χ1v) is 7.29. The van der Waals surface area contributed by atoms with E-state index in [0.29, 0.717) is 18.3 Å². The van der Waals surface area contributed by atoms with E-state index in [4.69, 9.17) is 10.5 Å². The molecule has 0 spiro atoms. The minimum atomic E-state index is 0. The lowest BCUT2D eigenvalue weighted by Crippen LogP contribution is -2.41. The second-order valence-corrected chi connectivity index (χ2v) is 5.86. The average molecular weight is 291 g/mol. The second-order valence-electron chi connectivity index (χ2n) is 5.86. The number of rotatable bonds is 4. The van der Waals surface area contributed by atoms with E-state index in [1.54, 1.807) is 0 Å². The minimum Gasteiger partial charge on any atom is -0.381 e. The zero-order chi connectivity index (χ0) is 13.0. The molecule has 1 amide bonds. The summed E-state index contributed by atoms with van der Waals surface area (Å²) in [6.45, 7) is 3.78. The molecule has 1 saturated carbocycles. The zero-order valence-electron chi connectivity index (χ0n) is 11.8. The maximum absolute atomic E-state index is 12.0. The first-order valence-electron chi connectivity index (χ1n) is 7.29. The van der Waals surface area contributed by atoms with Crippen LogP contribution in [0.5, 0.6) is 0 Å².